The van der Waals surface area contributed by atoms with Crippen molar-refractivity contribution in [2.45, 2.75) is 12.8 Å². The van der Waals surface area contributed by atoms with Gasteiger partial charge >= 0.3 is 5.97 Å². The molecule has 0 unspecified atom stereocenters. The molecule has 0 atom stereocenters. The molecule has 2 aromatic rings. The molecule has 0 saturated carbocycles. The quantitative estimate of drug-likeness (QED) is 0.800. The maximum atomic E-state index is 12.0. The topological polar surface area (TPSA) is 63.7 Å². The Morgan fingerprint density at radius 1 is 1.20 bits per heavy atom. The zero-order valence-corrected chi connectivity index (χ0v) is 11.7. The Balaban J connectivity index is 1.91. The lowest BCUT2D eigenvalue weighted by atomic mass is 10.2. The number of hydrogen-bond donors (Lipinski definition) is 0. The third-order valence-corrected chi connectivity index (χ3v) is 4.56. The van der Waals surface area contributed by atoms with E-state index in [0.29, 0.717) is 5.06 Å². The molecule has 1 fully saturated rings. The molecule has 1 aliphatic heterocycles. The van der Waals surface area contributed by atoms with E-state index in [2.05, 4.69) is 0 Å². The summed E-state index contributed by atoms with van der Waals surface area (Å²) in [6.45, 7) is 0. The molecular weight excluding hydrogens is 302 g/mol. The maximum absolute atomic E-state index is 12.0. The van der Waals surface area contributed by atoms with E-state index in [1.165, 1.54) is 0 Å². The zero-order chi connectivity index (χ0) is 14.3. The van der Waals surface area contributed by atoms with E-state index in [9.17, 15) is 14.4 Å². The van der Waals surface area contributed by atoms with Gasteiger partial charge in [-0.2, -0.15) is 0 Å². The average Bonchev–Trinajstić information content (AvgIpc) is 2.94. The van der Waals surface area contributed by atoms with E-state index in [1.807, 2.05) is 18.2 Å². The van der Waals surface area contributed by atoms with Crippen LogP contribution < -0.4 is 0 Å². The Morgan fingerprint density at radius 3 is 2.50 bits per heavy atom. The molecule has 1 saturated heterocycles. The van der Waals surface area contributed by atoms with Crippen LogP contribution in [0.1, 0.15) is 22.5 Å². The molecule has 1 aromatic carbocycles. The Morgan fingerprint density at radius 2 is 1.85 bits per heavy atom. The number of rotatable bonds is 2. The van der Waals surface area contributed by atoms with Crippen molar-refractivity contribution in [3.05, 3.63) is 34.2 Å². The molecule has 2 heterocycles. The van der Waals surface area contributed by atoms with E-state index < -0.39 is 17.8 Å². The van der Waals surface area contributed by atoms with E-state index in [4.69, 9.17) is 16.4 Å². The van der Waals surface area contributed by atoms with Gasteiger partial charge in [0.15, 0.2) is 0 Å². The smallest absolute Gasteiger partial charge is 0.324 e. The molecular formula is C13H8ClNO4S. The van der Waals surface area contributed by atoms with Crippen LogP contribution in [0.25, 0.3) is 10.1 Å². The molecule has 1 aromatic heterocycles. The van der Waals surface area contributed by atoms with Gasteiger partial charge in [0.1, 0.15) is 4.88 Å². The number of halogens is 1. The number of hydroxylamine groups is 2. The number of fused-ring (bicyclic) bond motifs is 1. The van der Waals surface area contributed by atoms with Gasteiger partial charge in [0.05, 0.1) is 5.02 Å². The van der Waals surface area contributed by atoms with Gasteiger partial charge < -0.3 is 4.84 Å². The summed E-state index contributed by atoms with van der Waals surface area (Å²) < 4.78 is 0.837. The number of thiophene rings is 1. The van der Waals surface area contributed by atoms with E-state index in [1.54, 1.807) is 6.07 Å². The Bertz CT molecular complexity index is 723. The molecule has 7 heteroatoms. The van der Waals surface area contributed by atoms with Gasteiger partial charge in [-0.25, -0.2) is 4.79 Å². The maximum Gasteiger partial charge on any atom is 0.375 e. The number of hydrogen-bond acceptors (Lipinski definition) is 5. The lowest BCUT2D eigenvalue weighted by Crippen LogP contribution is -2.31. The third-order valence-electron chi connectivity index (χ3n) is 2.90. The SMILES string of the molecule is O=C(ON1C(=O)CCC1=O)c1sc2ccccc2c1Cl. The Kier molecular flexibility index (Phi) is 3.19. The Hall–Kier alpha value is -1.92. The lowest BCUT2D eigenvalue weighted by molar-refractivity contribution is -0.172. The average molecular weight is 310 g/mol. The van der Waals surface area contributed by atoms with Crippen molar-refractivity contribution in [3.63, 3.8) is 0 Å². The second-order valence-corrected chi connectivity index (χ2v) is 5.63. The van der Waals surface area contributed by atoms with Gasteiger partial charge in [-0.05, 0) is 6.07 Å². The highest BCUT2D eigenvalue weighted by Crippen LogP contribution is 2.35. The fourth-order valence-electron chi connectivity index (χ4n) is 1.93. The first-order valence-electron chi connectivity index (χ1n) is 5.83. The van der Waals surface area contributed by atoms with Gasteiger partial charge in [-0.1, -0.05) is 29.8 Å². The van der Waals surface area contributed by atoms with Crippen LogP contribution in [0.5, 0.6) is 0 Å². The molecule has 0 aliphatic carbocycles. The van der Waals surface area contributed by atoms with Crippen molar-refractivity contribution >= 4 is 50.8 Å². The minimum absolute atomic E-state index is 0.0618. The van der Waals surface area contributed by atoms with Crippen molar-refractivity contribution in [2.24, 2.45) is 0 Å². The minimum Gasteiger partial charge on any atom is -0.324 e. The first-order valence-corrected chi connectivity index (χ1v) is 7.02. The molecule has 3 rings (SSSR count). The first kappa shape index (κ1) is 13.1. The summed E-state index contributed by atoms with van der Waals surface area (Å²) in [5.74, 6) is -1.82. The Labute approximate surface area is 122 Å². The lowest BCUT2D eigenvalue weighted by Gasteiger charge is -2.11. The van der Waals surface area contributed by atoms with Crippen molar-refractivity contribution < 1.29 is 19.2 Å². The third kappa shape index (κ3) is 2.07. The first-order chi connectivity index (χ1) is 9.58. The summed E-state index contributed by atoms with van der Waals surface area (Å²) in [5.41, 5.74) is 0. The highest BCUT2D eigenvalue weighted by Gasteiger charge is 2.34. The normalized spacial score (nSPS) is 15.2. The fourth-order valence-corrected chi connectivity index (χ4v) is 3.31. The summed E-state index contributed by atoms with van der Waals surface area (Å²) in [7, 11) is 0. The zero-order valence-electron chi connectivity index (χ0n) is 10.1. The van der Waals surface area contributed by atoms with Crippen LogP contribution in [-0.4, -0.2) is 22.8 Å². The number of nitrogens with zero attached hydrogens (tertiary/aromatic N) is 1. The summed E-state index contributed by atoms with van der Waals surface area (Å²) in [4.78, 5) is 39.9. The van der Waals surface area contributed by atoms with E-state index >= 15 is 0 Å². The molecule has 0 spiro atoms. The predicted octanol–water partition coefficient (Wildman–Crippen LogP) is 2.78. The van der Waals surface area contributed by atoms with Gasteiger partial charge in [-0.3, -0.25) is 9.59 Å². The molecule has 0 radical (unpaired) electrons. The van der Waals surface area contributed by atoms with Crippen LogP contribution in [0.2, 0.25) is 5.02 Å². The monoisotopic (exact) mass is 309 g/mol. The van der Waals surface area contributed by atoms with E-state index in [0.717, 1.165) is 21.4 Å². The number of amides is 2. The molecule has 1 aliphatic rings. The molecule has 2 amide bonds. The van der Waals surface area contributed by atoms with Crippen molar-refractivity contribution in [3.8, 4) is 0 Å². The largest absolute Gasteiger partial charge is 0.375 e. The van der Waals surface area contributed by atoms with Crippen LogP contribution in [0.15, 0.2) is 24.3 Å². The molecule has 102 valence electrons. The van der Waals surface area contributed by atoms with Crippen LogP contribution in [0, 0.1) is 0 Å². The van der Waals surface area contributed by atoms with Crippen LogP contribution in [-0.2, 0) is 14.4 Å². The van der Waals surface area contributed by atoms with Crippen molar-refractivity contribution in [2.75, 3.05) is 0 Å². The highest BCUT2D eigenvalue weighted by molar-refractivity contribution is 7.21. The highest BCUT2D eigenvalue weighted by atomic mass is 35.5. The van der Waals surface area contributed by atoms with Crippen molar-refractivity contribution in [1.29, 1.82) is 0 Å². The summed E-state index contributed by atoms with van der Waals surface area (Å²) in [6, 6.07) is 7.26. The van der Waals surface area contributed by atoms with Gasteiger partial charge in [-0.15, -0.1) is 16.4 Å². The van der Waals surface area contributed by atoms with E-state index in [-0.39, 0.29) is 22.7 Å². The predicted molar refractivity (Wildman–Crippen MR) is 73.3 cm³/mol. The summed E-state index contributed by atoms with van der Waals surface area (Å²) >= 11 is 7.29. The molecule has 0 N–H and O–H groups in total. The fraction of sp³-hybridized carbons (Fsp3) is 0.154. The van der Waals surface area contributed by atoms with Crippen LogP contribution in [0.4, 0.5) is 0 Å². The van der Waals surface area contributed by atoms with Crippen molar-refractivity contribution in [1.82, 2.24) is 5.06 Å². The second kappa shape index (κ2) is 4.88. The second-order valence-electron chi connectivity index (χ2n) is 4.20. The van der Waals surface area contributed by atoms with Crippen LogP contribution >= 0.6 is 22.9 Å². The summed E-state index contributed by atoms with van der Waals surface area (Å²) in [6.07, 6.45) is 0.124. The number of carbonyl (C=O) groups is 3. The molecule has 5 nitrogen and oxygen atoms in total. The van der Waals surface area contributed by atoms with Gasteiger partial charge in [0.25, 0.3) is 11.8 Å². The number of imide groups is 1. The number of benzene rings is 1. The van der Waals surface area contributed by atoms with Crippen LogP contribution in [0.3, 0.4) is 0 Å². The van der Waals surface area contributed by atoms with Gasteiger partial charge in [0, 0.05) is 22.9 Å². The molecule has 20 heavy (non-hydrogen) atoms. The van der Waals surface area contributed by atoms with Gasteiger partial charge in [0.2, 0.25) is 0 Å². The molecule has 0 bridgehead atoms. The summed E-state index contributed by atoms with van der Waals surface area (Å²) in [5, 5.41) is 1.53. The number of carbonyl (C=O) groups excluding carboxylic acids is 3. The standard InChI is InChI=1S/C13H8ClNO4S/c14-11-7-3-1-2-4-8(7)20-12(11)13(18)19-15-9(16)5-6-10(15)17/h1-4H,5-6H2. The minimum atomic E-state index is -0.792.